The molecular weight excluding hydrogens is 230 g/mol. The van der Waals surface area contributed by atoms with Crippen molar-refractivity contribution >= 4 is 0 Å². The lowest BCUT2D eigenvalue weighted by molar-refractivity contribution is 0.144. The van der Waals surface area contributed by atoms with Crippen LogP contribution in [0, 0.1) is 0 Å². The number of benzene rings is 1. The highest BCUT2D eigenvalue weighted by Gasteiger charge is 2.25. The van der Waals surface area contributed by atoms with E-state index in [9.17, 15) is 5.11 Å². The normalized spacial score (nSPS) is 17.7. The number of ether oxygens (including phenoxy) is 2. The monoisotopic (exact) mass is 251 g/mol. The van der Waals surface area contributed by atoms with Crippen LogP contribution in [0.5, 0.6) is 11.5 Å². The van der Waals surface area contributed by atoms with E-state index in [1.165, 1.54) is 12.8 Å². The van der Waals surface area contributed by atoms with Gasteiger partial charge in [0, 0.05) is 11.6 Å². The first kappa shape index (κ1) is 13.2. The standard InChI is InChI=1S/C14H21NO3/c1-17-11-5-6-12(14(9-11)18-2)13(10-16)15-7-3-4-8-15/h5-6,9,13,16H,3-4,7-8,10H2,1-2H3. The Bertz CT molecular complexity index is 389. The van der Waals surface area contributed by atoms with Crippen LogP contribution in [-0.2, 0) is 0 Å². The van der Waals surface area contributed by atoms with Gasteiger partial charge in [-0.25, -0.2) is 0 Å². The van der Waals surface area contributed by atoms with Crippen molar-refractivity contribution < 1.29 is 14.6 Å². The van der Waals surface area contributed by atoms with Gasteiger partial charge < -0.3 is 14.6 Å². The molecule has 1 atom stereocenters. The average Bonchev–Trinajstić information content (AvgIpc) is 2.94. The molecule has 0 bridgehead atoms. The molecule has 1 heterocycles. The predicted octanol–water partition coefficient (Wildman–Crippen LogP) is 1.83. The first-order chi connectivity index (χ1) is 8.80. The summed E-state index contributed by atoms with van der Waals surface area (Å²) in [7, 11) is 3.29. The van der Waals surface area contributed by atoms with Crippen molar-refractivity contribution in [3.05, 3.63) is 23.8 Å². The number of nitrogens with zero attached hydrogens (tertiary/aromatic N) is 1. The fraction of sp³-hybridized carbons (Fsp3) is 0.571. The third-order valence-corrected chi connectivity index (χ3v) is 3.55. The van der Waals surface area contributed by atoms with E-state index in [0.717, 1.165) is 30.2 Å². The second kappa shape index (κ2) is 6.07. The van der Waals surface area contributed by atoms with E-state index in [1.54, 1.807) is 14.2 Å². The first-order valence-electron chi connectivity index (χ1n) is 6.37. The Balaban J connectivity index is 2.28. The molecule has 1 aromatic carbocycles. The van der Waals surface area contributed by atoms with Gasteiger partial charge in [-0.05, 0) is 38.1 Å². The van der Waals surface area contributed by atoms with Gasteiger partial charge in [0.2, 0.25) is 0 Å². The first-order valence-corrected chi connectivity index (χ1v) is 6.37. The van der Waals surface area contributed by atoms with Crippen molar-refractivity contribution in [1.82, 2.24) is 4.90 Å². The van der Waals surface area contributed by atoms with Crippen molar-refractivity contribution in [2.24, 2.45) is 0 Å². The molecule has 0 radical (unpaired) electrons. The van der Waals surface area contributed by atoms with Crippen LogP contribution in [0.4, 0.5) is 0 Å². The predicted molar refractivity (Wildman–Crippen MR) is 70.2 cm³/mol. The van der Waals surface area contributed by atoms with Gasteiger partial charge in [0.25, 0.3) is 0 Å². The second-order valence-corrected chi connectivity index (χ2v) is 4.55. The van der Waals surface area contributed by atoms with Crippen LogP contribution in [-0.4, -0.2) is 43.9 Å². The van der Waals surface area contributed by atoms with Gasteiger partial charge >= 0.3 is 0 Å². The number of rotatable bonds is 5. The molecule has 1 aliphatic heterocycles. The second-order valence-electron chi connectivity index (χ2n) is 4.55. The van der Waals surface area contributed by atoms with Crippen LogP contribution in [0.3, 0.4) is 0 Å². The highest BCUT2D eigenvalue weighted by molar-refractivity contribution is 5.42. The zero-order valence-electron chi connectivity index (χ0n) is 11.1. The number of likely N-dealkylation sites (tertiary alicyclic amines) is 1. The van der Waals surface area contributed by atoms with E-state index in [2.05, 4.69) is 4.90 Å². The third kappa shape index (κ3) is 2.60. The Morgan fingerprint density at radius 1 is 1.22 bits per heavy atom. The molecule has 0 aromatic heterocycles. The summed E-state index contributed by atoms with van der Waals surface area (Å²) in [5.41, 5.74) is 1.03. The molecule has 18 heavy (non-hydrogen) atoms. The summed E-state index contributed by atoms with van der Waals surface area (Å²) in [5.74, 6) is 1.55. The van der Waals surface area contributed by atoms with Crippen molar-refractivity contribution in [3.63, 3.8) is 0 Å². The molecule has 0 spiro atoms. The summed E-state index contributed by atoms with van der Waals surface area (Å²) in [5, 5.41) is 9.66. The Morgan fingerprint density at radius 3 is 2.50 bits per heavy atom. The van der Waals surface area contributed by atoms with Gasteiger partial charge in [0.05, 0.1) is 26.9 Å². The summed E-state index contributed by atoms with van der Waals surface area (Å²) >= 11 is 0. The number of aliphatic hydroxyl groups is 1. The third-order valence-electron chi connectivity index (χ3n) is 3.55. The topological polar surface area (TPSA) is 41.9 Å². The zero-order valence-corrected chi connectivity index (χ0v) is 11.1. The van der Waals surface area contributed by atoms with Gasteiger partial charge in [0.15, 0.2) is 0 Å². The van der Waals surface area contributed by atoms with Crippen LogP contribution in [0.15, 0.2) is 18.2 Å². The summed E-state index contributed by atoms with van der Waals surface area (Å²) in [4.78, 5) is 2.31. The summed E-state index contributed by atoms with van der Waals surface area (Å²) in [6.07, 6.45) is 2.41. The minimum Gasteiger partial charge on any atom is -0.497 e. The largest absolute Gasteiger partial charge is 0.497 e. The molecule has 0 saturated carbocycles. The molecule has 0 aliphatic carbocycles. The Hall–Kier alpha value is -1.26. The van der Waals surface area contributed by atoms with E-state index < -0.39 is 0 Å². The highest BCUT2D eigenvalue weighted by Crippen LogP contribution is 2.33. The van der Waals surface area contributed by atoms with Crippen LogP contribution in [0.1, 0.15) is 24.4 Å². The molecule has 0 amide bonds. The van der Waals surface area contributed by atoms with E-state index in [1.807, 2.05) is 18.2 Å². The lowest BCUT2D eigenvalue weighted by Crippen LogP contribution is -2.28. The smallest absolute Gasteiger partial charge is 0.127 e. The molecule has 4 heteroatoms. The number of hydrogen-bond donors (Lipinski definition) is 1. The fourth-order valence-corrected chi connectivity index (χ4v) is 2.56. The van der Waals surface area contributed by atoms with Crippen LogP contribution in [0.2, 0.25) is 0 Å². The lowest BCUT2D eigenvalue weighted by Gasteiger charge is -2.27. The molecule has 1 aromatic rings. The van der Waals surface area contributed by atoms with Gasteiger partial charge in [-0.2, -0.15) is 0 Å². The Labute approximate surface area is 108 Å². The van der Waals surface area contributed by atoms with E-state index in [4.69, 9.17) is 9.47 Å². The SMILES string of the molecule is COc1ccc(C(CO)N2CCCC2)c(OC)c1. The van der Waals surface area contributed by atoms with Crippen molar-refractivity contribution in [3.8, 4) is 11.5 Å². The molecule has 4 nitrogen and oxygen atoms in total. The molecule has 1 saturated heterocycles. The van der Waals surface area contributed by atoms with E-state index >= 15 is 0 Å². The highest BCUT2D eigenvalue weighted by atomic mass is 16.5. The van der Waals surface area contributed by atoms with E-state index in [0.29, 0.717) is 0 Å². The quantitative estimate of drug-likeness (QED) is 0.867. The van der Waals surface area contributed by atoms with Gasteiger partial charge in [-0.1, -0.05) is 0 Å². The molecule has 1 fully saturated rings. The molecule has 2 rings (SSSR count). The lowest BCUT2D eigenvalue weighted by atomic mass is 10.0. The molecule has 1 unspecified atom stereocenters. The van der Waals surface area contributed by atoms with Gasteiger partial charge in [-0.3, -0.25) is 4.90 Å². The summed E-state index contributed by atoms with van der Waals surface area (Å²) < 4.78 is 10.6. The average molecular weight is 251 g/mol. The van der Waals surface area contributed by atoms with Gasteiger partial charge in [0.1, 0.15) is 11.5 Å². The minimum atomic E-state index is 0.0216. The van der Waals surface area contributed by atoms with Crippen LogP contribution in [0.25, 0.3) is 0 Å². The molecule has 1 aliphatic rings. The minimum absolute atomic E-state index is 0.0216. The molecule has 100 valence electrons. The van der Waals surface area contributed by atoms with E-state index in [-0.39, 0.29) is 12.6 Å². The molecular formula is C14H21NO3. The Morgan fingerprint density at radius 2 is 1.94 bits per heavy atom. The number of hydrogen-bond acceptors (Lipinski definition) is 4. The molecule has 1 N–H and O–H groups in total. The van der Waals surface area contributed by atoms with Crippen molar-refractivity contribution in [2.75, 3.05) is 33.9 Å². The zero-order chi connectivity index (χ0) is 13.0. The maximum atomic E-state index is 9.66. The maximum absolute atomic E-state index is 9.66. The summed E-state index contributed by atoms with van der Waals surface area (Å²) in [6, 6.07) is 5.79. The number of methoxy groups -OCH3 is 2. The van der Waals surface area contributed by atoms with Gasteiger partial charge in [-0.15, -0.1) is 0 Å². The van der Waals surface area contributed by atoms with Crippen LogP contribution < -0.4 is 9.47 Å². The maximum Gasteiger partial charge on any atom is 0.127 e. The van der Waals surface area contributed by atoms with Crippen LogP contribution >= 0.6 is 0 Å². The Kier molecular flexibility index (Phi) is 4.44. The summed E-state index contributed by atoms with van der Waals surface area (Å²) in [6.45, 7) is 2.20. The number of aliphatic hydroxyl groups excluding tert-OH is 1. The van der Waals surface area contributed by atoms with Crippen molar-refractivity contribution in [2.45, 2.75) is 18.9 Å². The fourth-order valence-electron chi connectivity index (χ4n) is 2.56. The van der Waals surface area contributed by atoms with Crippen molar-refractivity contribution in [1.29, 1.82) is 0 Å².